The molecule has 1 aromatic rings. The van der Waals surface area contributed by atoms with Crippen molar-refractivity contribution in [3.05, 3.63) is 15.6 Å². The first-order valence-corrected chi connectivity index (χ1v) is 8.01. The van der Waals surface area contributed by atoms with E-state index < -0.39 is 0 Å². The van der Waals surface area contributed by atoms with Crippen LogP contribution in [0.25, 0.3) is 0 Å². The summed E-state index contributed by atoms with van der Waals surface area (Å²) in [6.45, 7) is 2.96. The van der Waals surface area contributed by atoms with Gasteiger partial charge in [-0.05, 0) is 32.2 Å². The number of Topliss-reactive ketones (excluding diaryl/α,β-unsaturated/α-hetero) is 1. The molecule has 4 nitrogen and oxygen atoms in total. The van der Waals surface area contributed by atoms with Gasteiger partial charge < -0.3 is 4.74 Å². The smallest absolute Gasteiger partial charge is 0.182 e. The average molecular weight is 278 g/mol. The quantitative estimate of drug-likeness (QED) is 0.790. The number of thiazole rings is 1. The number of hydrogen-bond donors (Lipinski definition) is 0. The van der Waals surface area contributed by atoms with E-state index in [2.05, 4.69) is 9.88 Å². The fraction of sp³-hybridized carbons (Fsp3) is 0.714. The van der Waals surface area contributed by atoms with Crippen LogP contribution in [0.4, 0.5) is 0 Å². The molecule has 2 aliphatic heterocycles. The zero-order chi connectivity index (χ0) is 12.8. The second kappa shape index (κ2) is 4.65. The van der Waals surface area contributed by atoms with Crippen LogP contribution < -0.4 is 0 Å². The Kier molecular flexibility index (Phi) is 2.94. The van der Waals surface area contributed by atoms with Crippen LogP contribution in [0.1, 0.15) is 52.2 Å². The summed E-state index contributed by atoms with van der Waals surface area (Å²) >= 11 is 1.70. The molecule has 2 fully saturated rings. The van der Waals surface area contributed by atoms with Gasteiger partial charge in [0.05, 0.1) is 6.61 Å². The topological polar surface area (TPSA) is 42.4 Å². The molecule has 2 saturated heterocycles. The second-order valence-electron chi connectivity index (χ2n) is 5.71. The van der Waals surface area contributed by atoms with Gasteiger partial charge >= 0.3 is 0 Å². The van der Waals surface area contributed by atoms with Gasteiger partial charge in [0, 0.05) is 23.9 Å². The molecule has 19 heavy (non-hydrogen) atoms. The first kappa shape index (κ1) is 12.0. The van der Waals surface area contributed by atoms with E-state index >= 15 is 0 Å². The van der Waals surface area contributed by atoms with Crippen molar-refractivity contribution in [3.8, 4) is 0 Å². The SMILES string of the molecule is O=C1CCCc2sc(C3CN4CCCC4CO3)nc21. The Morgan fingerprint density at radius 1 is 1.32 bits per heavy atom. The van der Waals surface area contributed by atoms with E-state index in [1.165, 1.54) is 24.3 Å². The predicted molar refractivity (Wildman–Crippen MR) is 72.7 cm³/mol. The summed E-state index contributed by atoms with van der Waals surface area (Å²) in [7, 11) is 0. The van der Waals surface area contributed by atoms with E-state index in [1.807, 2.05) is 0 Å². The van der Waals surface area contributed by atoms with E-state index in [9.17, 15) is 4.79 Å². The van der Waals surface area contributed by atoms with Crippen LogP contribution in [0.15, 0.2) is 0 Å². The van der Waals surface area contributed by atoms with Crippen molar-refractivity contribution < 1.29 is 9.53 Å². The van der Waals surface area contributed by atoms with Crippen LogP contribution in [0.2, 0.25) is 0 Å². The summed E-state index contributed by atoms with van der Waals surface area (Å²) in [4.78, 5) is 20.1. The Labute approximate surface area is 116 Å². The van der Waals surface area contributed by atoms with Gasteiger partial charge in [0.1, 0.15) is 16.8 Å². The lowest BCUT2D eigenvalue weighted by molar-refractivity contribution is -0.0502. The Morgan fingerprint density at radius 3 is 3.16 bits per heavy atom. The Balaban J connectivity index is 1.57. The Hall–Kier alpha value is -0.780. The van der Waals surface area contributed by atoms with Crippen molar-refractivity contribution in [1.82, 2.24) is 9.88 Å². The Bertz CT molecular complexity index is 514. The second-order valence-corrected chi connectivity index (χ2v) is 6.83. The number of ether oxygens (including phenoxy) is 1. The fourth-order valence-corrected chi connectivity index (χ4v) is 4.56. The number of carbonyl (C=O) groups is 1. The molecule has 0 aromatic carbocycles. The van der Waals surface area contributed by atoms with Crippen LogP contribution in [0.3, 0.4) is 0 Å². The summed E-state index contributed by atoms with van der Waals surface area (Å²) in [5, 5.41) is 1.02. The molecule has 0 bridgehead atoms. The van der Waals surface area contributed by atoms with Gasteiger partial charge in [0.15, 0.2) is 5.78 Å². The van der Waals surface area contributed by atoms with Crippen molar-refractivity contribution in [2.24, 2.45) is 0 Å². The minimum Gasteiger partial charge on any atom is -0.368 e. The first-order valence-electron chi connectivity index (χ1n) is 7.20. The molecule has 0 amide bonds. The molecular formula is C14H18N2O2S. The third-order valence-electron chi connectivity index (χ3n) is 4.45. The summed E-state index contributed by atoms with van der Waals surface area (Å²) in [6, 6.07) is 0.618. The number of carbonyl (C=O) groups excluding carboxylic acids is 1. The maximum absolute atomic E-state index is 11.9. The highest BCUT2D eigenvalue weighted by atomic mass is 32.1. The number of nitrogens with zero attached hydrogens (tertiary/aromatic N) is 2. The number of aryl methyl sites for hydroxylation is 1. The minimum absolute atomic E-state index is 0.0812. The lowest BCUT2D eigenvalue weighted by Gasteiger charge is -2.34. The largest absolute Gasteiger partial charge is 0.368 e. The van der Waals surface area contributed by atoms with Crippen molar-refractivity contribution in [3.63, 3.8) is 0 Å². The molecule has 1 aliphatic carbocycles. The van der Waals surface area contributed by atoms with Crippen molar-refractivity contribution in [1.29, 1.82) is 0 Å². The molecule has 2 unspecified atom stereocenters. The van der Waals surface area contributed by atoms with E-state index in [1.54, 1.807) is 11.3 Å². The van der Waals surface area contributed by atoms with Crippen LogP contribution in [0, 0.1) is 0 Å². The zero-order valence-corrected chi connectivity index (χ0v) is 11.7. The van der Waals surface area contributed by atoms with E-state index in [-0.39, 0.29) is 11.9 Å². The molecule has 4 rings (SSSR count). The molecule has 0 radical (unpaired) electrons. The van der Waals surface area contributed by atoms with Crippen LogP contribution in [-0.4, -0.2) is 41.4 Å². The third-order valence-corrected chi connectivity index (χ3v) is 5.66. The third kappa shape index (κ3) is 2.04. The van der Waals surface area contributed by atoms with E-state index in [4.69, 9.17) is 4.74 Å². The van der Waals surface area contributed by atoms with E-state index in [0.29, 0.717) is 12.5 Å². The molecule has 5 heteroatoms. The van der Waals surface area contributed by atoms with E-state index in [0.717, 1.165) is 36.7 Å². The van der Waals surface area contributed by atoms with Crippen LogP contribution in [-0.2, 0) is 11.2 Å². The van der Waals surface area contributed by atoms with Crippen LogP contribution >= 0.6 is 11.3 Å². The molecule has 3 heterocycles. The number of rotatable bonds is 1. The highest BCUT2D eigenvalue weighted by Gasteiger charge is 2.35. The summed E-state index contributed by atoms with van der Waals surface area (Å²) in [5.41, 5.74) is 0.735. The normalized spacial score (nSPS) is 31.3. The summed E-state index contributed by atoms with van der Waals surface area (Å²) < 4.78 is 5.99. The van der Waals surface area contributed by atoms with Gasteiger partial charge in [-0.2, -0.15) is 0 Å². The van der Waals surface area contributed by atoms with Crippen LogP contribution in [0.5, 0.6) is 0 Å². The van der Waals surface area contributed by atoms with Crippen molar-refractivity contribution in [2.75, 3.05) is 19.7 Å². The predicted octanol–water partition coefficient (Wildman–Crippen LogP) is 2.20. The molecule has 3 aliphatic rings. The van der Waals surface area contributed by atoms with Gasteiger partial charge in [0.25, 0.3) is 0 Å². The zero-order valence-electron chi connectivity index (χ0n) is 10.9. The maximum Gasteiger partial charge on any atom is 0.182 e. The van der Waals surface area contributed by atoms with Gasteiger partial charge in [-0.1, -0.05) is 0 Å². The summed E-state index contributed by atoms with van der Waals surface area (Å²) in [5.74, 6) is 0.221. The van der Waals surface area contributed by atoms with Gasteiger partial charge in [-0.25, -0.2) is 4.98 Å². The minimum atomic E-state index is 0.0812. The number of ketones is 1. The standard InChI is InChI=1S/C14H18N2O2S/c17-10-4-1-5-12-13(10)15-14(19-12)11-7-16-6-2-3-9(16)8-18-11/h9,11H,1-8H2. The number of fused-ring (bicyclic) bond motifs is 2. The molecular weight excluding hydrogens is 260 g/mol. The van der Waals surface area contributed by atoms with Gasteiger partial charge in [-0.3, -0.25) is 9.69 Å². The van der Waals surface area contributed by atoms with Crippen molar-refractivity contribution in [2.45, 2.75) is 44.2 Å². The average Bonchev–Trinajstić information content (AvgIpc) is 3.04. The van der Waals surface area contributed by atoms with Gasteiger partial charge in [-0.15, -0.1) is 11.3 Å². The highest BCUT2D eigenvalue weighted by Crippen LogP contribution is 2.35. The number of hydrogen-bond acceptors (Lipinski definition) is 5. The molecule has 1 aromatic heterocycles. The molecule has 2 atom stereocenters. The fourth-order valence-electron chi connectivity index (χ4n) is 3.39. The highest BCUT2D eigenvalue weighted by molar-refractivity contribution is 7.12. The first-order chi connectivity index (χ1) is 9.31. The number of morpholine rings is 1. The van der Waals surface area contributed by atoms with Gasteiger partial charge in [0.2, 0.25) is 0 Å². The number of aromatic nitrogens is 1. The molecule has 0 saturated carbocycles. The Morgan fingerprint density at radius 2 is 2.26 bits per heavy atom. The molecule has 102 valence electrons. The molecule has 0 spiro atoms. The lowest BCUT2D eigenvalue weighted by Crippen LogP contribution is -2.42. The summed E-state index contributed by atoms with van der Waals surface area (Å²) in [6.07, 6.45) is 5.28. The van der Waals surface area contributed by atoms with Crippen molar-refractivity contribution >= 4 is 17.1 Å². The lowest BCUT2D eigenvalue weighted by atomic mass is 10.0. The maximum atomic E-state index is 11.9. The molecule has 0 N–H and O–H groups in total. The monoisotopic (exact) mass is 278 g/mol.